The van der Waals surface area contributed by atoms with Crippen molar-refractivity contribution in [3.05, 3.63) is 42.1 Å². The third-order valence-corrected chi connectivity index (χ3v) is 3.43. The molecule has 1 amide bonds. The molecule has 0 saturated carbocycles. The summed E-state index contributed by atoms with van der Waals surface area (Å²) in [6.45, 7) is 1.62. The lowest BCUT2D eigenvalue weighted by Gasteiger charge is -2.19. The van der Waals surface area contributed by atoms with Crippen molar-refractivity contribution >= 4 is 22.8 Å². The maximum Gasteiger partial charge on any atom is 0.326 e. The summed E-state index contributed by atoms with van der Waals surface area (Å²) in [5, 5.41) is 21.1. The van der Waals surface area contributed by atoms with E-state index in [2.05, 4.69) is 10.3 Å². The van der Waals surface area contributed by atoms with Gasteiger partial charge in [-0.2, -0.15) is 5.26 Å². The molecule has 112 valence electrons. The Morgan fingerprint density at radius 1 is 1.36 bits per heavy atom. The third kappa shape index (κ3) is 3.20. The highest BCUT2D eigenvalue weighted by Gasteiger charge is 2.27. The molecule has 6 nitrogen and oxygen atoms in total. The number of hydrogen-bond acceptors (Lipinski definition) is 4. The van der Waals surface area contributed by atoms with E-state index in [4.69, 9.17) is 5.26 Å². The number of hydrogen-bond donors (Lipinski definition) is 2. The summed E-state index contributed by atoms with van der Waals surface area (Å²) in [6.07, 6.45) is 1.56. The van der Waals surface area contributed by atoms with Crippen LogP contribution in [0.2, 0.25) is 0 Å². The van der Waals surface area contributed by atoms with Gasteiger partial charge < -0.3 is 10.4 Å². The Balaban J connectivity index is 2.30. The molecule has 0 bridgehead atoms. The first-order valence-corrected chi connectivity index (χ1v) is 6.79. The molecule has 0 spiro atoms. The van der Waals surface area contributed by atoms with E-state index in [1.807, 2.05) is 12.1 Å². The number of amides is 1. The predicted molar refractivity (Wildman–Crippen MR) is 80.0 cm³/mol. The lowest BCUT2D eigenvalue weighted by molar-refractivity contribution is -0.140. The first-order valence-electron chi connectivity index (χ1n) is 6.79. The number of nitrogens with zero attached hydrogens (tertiary/aromatic N) is 2. The van der Waals surface area contributed by atoms with E-state index in [1.165, 1.54) is 6.20 Å². The highest BCUT2D eigenvalue weighted by atomic mass is 16.4. The van der Waals surface area contributed by atoms with E-state index in [1.54, 1.807) is 31.2 Å². The van der Waals surface area contributed by atoms with E-state index in [0.717, 1.165) is 0 Å². The van der Waals surface area contributed by atoms with Crippen LogP contribution < -0.4 is 5.32 Å². The van der Waals surface area contributed by atoms with Crippen molar-refractivity contribution in [3.63, 3.8) is 0 Å². The molecule has 0 radical (unpaired) electrons. The van der Waals surface area contributed by atoms with Gasteiger partial charge in [-0.1, -0.05) is 25.1 Å². The molecule has 2 N–H and O–H groups in total. The Morgan fingerprint density at radius 3 is 2.77 bits per heavy atom. The van der Waals surface area contributed by atoms with Crippen molar-refractivity contribution in [2.45, 2.75) is 19.4 Å². The zero-order chi connectivity index (χ0) is 16.1. The fourth-order valence-electron chi connectivity index (χ4n) is 2.22. The Labute approximate surface area is 127 Å². The van der Waals surface area contributed by atoms with Crippen LogP contribution in [0.1, 0.15) is 23.7 Å². The zero-order valence-electron chi connectivity index (χ0n) is 12.0. The van der Waals surface area contributed by atoms with Gasteiger partial charge in [-0.05, 0) is 12.1 Å². The van der Waals surface area contributed by atoms with Gasteiger partial charge in [0.25, 0.3) is 5.91 Å². The first-order chi connectivity index (χ1) is 10.5. The third-order valence-electron chi connectivity index (χ3n) is 3.43. The smallest absolute Gasteiger partial charge is 0.326 e. The van der Waals surface area contributed by atoms with Crippen LogP contribution in [0.25, 0.3) is 10.9 Å². The highest BCUT2D eigenvalue weighted by molar-refractivity contribution is 6.06. The Morgan fingerprint density at radius 2 is 2.09 bits per heavy atom. The number of carbonyl (C=O) groups is 2. The fourth-order valence-corrected chi connectivity index (χ4v) is 2.22. The van der Waals surface area contributed by atoms with E-state index < -0.39 is 23.8 Å². The molecule has 0 aliphatic rings. The van der Waals surface area contributed by atoms with Crippen molar-refractivity contribution in [1.29, 1.82) is 5.26 Å². The van der Waals surface area contributed by atoms with E-state index in [-0.39, 0.29) is 6.42 Å². The molecule has 22 heavy (non-hydrogen) atoms. The summed E-state index contributed by atoms with van der Waals surface area (Å²) < 4.78 is 0. The molecule has 0 aliphatic heterocycles. The number of rotatable bonds is 5. The molecule has 0 fully saturated rings. The predicted octanol–water partition coefficient (Wildman–Crippen LogP) is 1.97. The fraction of sp³-hybridized carbons (Fsp3) is 0.250. The number of nitrogens with one attached hydrogen (secondary N) is 1. The number of pyridine rings is 1. The maximum absolute atomic E-state index is 12.4. The Bertz CT molecular complexity index is 746. The zero-order valence-corrected chi connectivity index (χ0v) is 12.0. The molecule has 1 aromatic heterocycles. The number of aliphatic carboxylic acids is 1. The number of carboxylic acid groups (broad SMARTS) is 1. The molecular formula is C16H15N3O3. The second kappa shape index (κ2) is 6.68. The van der Waals surface area contributed by atoms with E-state index >= 15 is 0 Å². The largest absolute Gasteiger partial charge is 0.480 e. The SMILES string of the molecule is C[C@H](CC#N)[C@H](NC(=O)c1ccnc2ccccc12)C(=O)O. The van der Waals surface area contributed by atoms with E-state index in [0.29, 0.717) is 16.5 Å². The number of fused-ring (bicyclic) bond motifs is 1. The Kier molecular flexibility index (Phi) is 4.69. The van der Waals surface area contributed by atoms with Gasteiger partial charge in [0.05, 0.1) is 17.1 Å². The lowest BCUT2D eigenvalue weighted by atomic mass is 9.98. The van der Waals surface area contributed by atoms with Crippen molar-refractivity contribution in [1.82, 2.24) is 10.3 Å². The molecular weight excluding hydrogens is 282 g/mol. The standard InChI is InChI=1S/C16H15N3O3/c1-10(6-8-17)14(16(21)22)19-15(20)12-7-9-18-13-5-3-2-4-11(12)13/h2-5,7,9-10,14H,6H2,1H3,(H,19,20)(H,21,22)/t10-,14+/m1/s1. The second-order valence-electron chi connectivity index (χ2n) is 5.00. The van der Waals surface area contributed by atoms with Crippen molar-refractivity contribution < 1.29 is 14.7 Å². The quantitative estimate of drug-likeness (QED) is 0.878. The van der Waals surface area contributed by atoms with Gasteiger partial charge in [0, 0.05) is 23.9 Å². The second-order valence-corrected chi connectivity index (χ2v) is 5.00. The van der Waals surface area contributed by atoms with Gasteiger partial charge in [-0.15, -0.1) is 0 Å². The Hall–Kier alpha value is -2.94. The van der Waals surface area contributed by atoms with Crippen molar-refractivity contribution in [2.24, 2.45) is 5.92 Å². The molecule has 1 heterocycles. The summed E-state index contributed by atoms with van der Waals surface area (Å²) >= 11 is 0. The van der Waals surface area contributed by atoms with Crippen LogP contribution >= 0.6 is 0 Å². The monoisotopic (exact) mass is 297 g/mol. The van der Waals surface area contributed by atoms with Gasteiger partial charge in [-0.25, -0.2) is 4.79 Å². The topological polar surface area (TPSA) is 103 Å². The summed E-state index contributed by atoms with van der Waals surface area (Å²) in [5.41, 5.74) is 1.02. The molecule has 2 atom stereocenters. The number of carbonyl (C=O) groups excluding carboxylic acids is 1. The summed E-state index contributed by atoms with van der Waals surface area (Å²) in [5.74, 6) is -2.13. The minimum atomic E-state index is -1.16. The average molecular weight is 297 g/mol. The van der Waals surface area contributed by atoms with Crippen molar-refractivity contribution in [3.8, 4) is 6.07 Å². The molecule has 1 aromatic carbocycles. The molecule has 0 unspecified atom stereocenters. The lowest BCUT2D eigenvalue weighted by Crippen LogP contribution is -2.45. The number of benzene rings is 1. The summed E-state index contributed by atoms with van der Waals surface area (Å²) in [4.78, 5) is 27.9. The van der Waals surface area contributed by atoms with Gasteiger partial charge >= 0.3 is 5.97 Å². The highest BCUT2D eigenvalue weighted by Crippen LogP contribution is 2.17. The minimum Gasteiger partial charge on any atom is -0.480 e. The minimum absolute atomic E-state index is 0.0499. The van der Waals surface area contributed by atoms with Crippen LogP contribution in [0, 0.1) is 17.2 Å². The maximum atomic E-state index is 12.4. The van der Waals surface area contributed by atoms with Gasteiger partial charge in [0.2, 0.25) is 0 Å². The molecule has 0 aliphatic carbocycles. The summed E-state index contributed by atoms with van der Waals surface area (Å²) in [7, 11) is 0. The summed E-state index contributed by atoms with van der Waals surface area (Å²) in [6, 6.07) is 9.49. The molecule has 2 rings (SSSR count). The average Bonchev–Trinajstić information content (AvgIpc) is 2.51. The number of aromatic nitrogens is 1. The van der Waals surface area contributed by atoms with Crippen molar-refractivity contribution in [2.75, 3.05) is 0 Å². The van der Waals surface area contributed by atoms with Gasteiger partial charge in [-0.3, -0.25) is 9.78 Å². The molecule has 2 aromatic rings. The van der Waals surface area contributed by atoms with Crippen LogP contribution in [-0.2, 0) is 4.79 Å². The van der Waals surface area contributed by atoms with Gasteiger partial charge in [0.15, 0.2) is 0 Å². The van der Waals surface area contributed by atoms with Crippen LogP contribution in [0.15, 0.2) is 36.5 Å². The number of carboxylic acids is 1. The van der Waals surface area contributed by atoms with Crippen LogP contribution in [0.4, 0.5) is 0 Å². The van der Waals surface area contributed by atoms with Crippen LogP contribution in [-0.4, -0.2) is 28.0 Å². The number of para-hydroxylation sites is 1. The van der Waals surface area contributed by atoms with Gasteiger partial charge in [0.1, 0.15) is 6.04 Å². The molecule has 0 saturated heterocycles. The first kappa shape index (κ1) is 15.4. The molecule has 6 heteroatoms. The van der Waals surface area contributed by atoms with Crippen LogP contribution in [0.3, 0.4) is 0 Å². The normalized spacial score (nSPS) is 13.1. The number of nitriles is 1. The van der Waals surface area contributed by atoms with E-state index in [9.17, 15) is 14.7 Å². The van der Waals surface area contributed by atoms with Crippen LogP contribution in [0.5, 0.6) is 0 Å².